The summed E-state index contributed by atoms with van der Waals surface area (Å²) in [4.78, 5) is 2.12. The van der Waals surface area contributed by atoms with Crippen LogP contribution in [0.15, 0.2) is 0 Å². The highest BCUT2D eigenvalue weighted by molar-refractivity contribution is 8.00. The van der Waals surface area contributed by atoms with Gasteiger partial charge in [0.15, 0.2) is 0 Å². The molecule has 0 aromatic rings. The predicted molar refractivity (Wildman–Crippen MR) is 61.7 cm³/mol. The Kier molecular flexibility index (Phi) is 5.92. The van der Waals surface area contributed by atoms with Gasteiger partial charge in [-0.15, -0.1) is 0 Å². The Morgan fingerprint density at radius 3 is 2.81 bits per heavy atom. The van der Waals surface area contributed by atoms with Crippen molar-refractivity contribution in [1.82, 2.24) is 10.2 Å². The molecule has 0 aromatic heterocycles. The van der Waals surface area contributed by atoms with E-state index in [-0.39, 0.29) is 17.5 Å². The molecule has 1 N–H and O–H groups in total. The van der Waals surface area contributed by atoms with Crippen LogP contribution in [0.2, 0.25) is 0 Å². The van der Waals surface area contributed by atoms with E-state index < -0.39 is 5.51 Å². The lowest BCUT2D eigenvalue weighted by molar-refractivity contribution is -0.0329. The first-order valence-electron chi connectivity index (χ1n) is 5.67. The average Bonchev–Trinajstić information content (AvgIpc) is 2.17. The van der Waals surface area contributed by atoms with Gasteiger partial charge >= 0.3 is 5.51 Å². The molecule has 1 aliphatic rings. The van der Waals surface area contributed by atoms with E-state index in [1.165, 1.54) is 0 Å². The van der Waals surface area contributed by atoms with E-state index in [1.807, 2.05) is 0 Å². The molecule has 1 aliphatic heterocycles. The monoisotopic (exact) mass is 256 g/mol. The molecule has 16 heavy (non-hydrogen) atoms. The molecule has 1 unspecified atom stereocenters. The van der Waals surface area contributed by atoms with Crippen molar-refractivity contribution in [3.05, 3.63) is 0 Å². The van der Waals surface area contributed by atoms with Crippen LogP contribution < -0.4 is 5.32 Å². The molecule has 1 fully saturated rings. The summed E-state index contributed by atoms with van der Waals surface area (Å²) < 4.78 is 35.8. The van der Waals surface area contributed by atoms with Gasteiger partial charge in [-0.1, -0.05) is 13.3 Å². The van der Waals surface area contributed by atoms with Crippen molar-refractivity contribution in [2.45, 2.75) is 31.3 Å². The summed E-state index contributed by atoms with van der Waals surface area (Å²) in [5.41, 5.74) is -4.09. The summed E-state index contributed by atoms with van der Waals surface area (Å²) in [7, 11) is 0. The number of thioether (sulfide) groups is 1. The van der Waals surface area contributed by atoms with Gasteiger partial charge < -0.3 is 5.32 Å². The first-order chi connectivity index (χ1) is 7.51. The minimum Gasteiger partial charge on any atom is -0.311 e. The van der Waals surface area contributed by atoms with Crippen molar-refractivity contribution in [2.75, 3.05) is 31.9 Å². The van der Waals surface area contributed by atoms with Gasteiger partial charge in [0, 0.05) is 38.0 Å². The molecule has 0 saturated carbocycles. The molecular formula is C10H19F3N2S. The van der Waals surface area contributed by atoms with Gasteiger partial charge in [-0.25, -0.2) is 0 Å². The highest BCUT2D eigenvalue weighted by Crippen LogP contribution is 2.29. The van der Waals surface area contributed by atoms with Gasteiger partial charge in [0.2, 0.25) is 0 Å². The Morgan fingerprint density at radius 2 is 2.19 bits per heavy atom. The third-order valence-corrected chi connectivity index (χ3v) is 3.36. The molecule has 1 heterocycles. The number of nitrogens with one attached hydrogen (secondary N) is 1. The van der Waals surface area contributed by atoms with E-state index >= 15 is 0 Å². The van der Waals surface area contributed by atoms with Crippen LogP contribution in [0.4, 0.5) is 13.2 Å². The summed E-state index contributed by atoms with van der Waals surface area (Å²) in [6.07, 6.45) is 2.21. The molecule has 0 spiro atoms. The lowest BCUT2D eigenvalue weighted by Gasteiger charge is -2.33. The number of halogens is 3. The molecular weight excluding hydrogens is 237 g/mol. The molecule has 0 amide bonds. The number of hydrogen-bond donors (Lipinski definition) is 1. The maximum Gasteiger partial charge on any atom is 0.441 e. The standard InChI is InChI=1S/C10H19F3N2S/c1-2-3-9-8-15(5-4-14-9)6-7-16-10(11,12)13/h9,14H,2-8H2,1H3. The first-order valence-corrected chi connectivity index (χ1v) is 6.66. The van der Waals surface area contributed by atoms with Crippen LogP contribution in [0.1, 0.15) is 19.8 Å². The molecule has 96 valence electrons. The zero-order valence-corrected chi connectivity index (χ0v) is 10.3. The Morgan fingerprint density at radius 1 is 1.44 bits per heavy atom. The maximum atomic E-state index is 11.9. The molecule has 0 aromatic carbocycles. The van der Waals surface area contributed by atoms with Crippen LogP contribution in [0, 0.1) is 0 Å². The van der Waals surface area contributed by atoms with E-state index in [0.717, 1.165) is 32.5 Å². The normalized spacial score (nSPS) is 23.6. The summed E-state index contributed by atoms with van der Waals surface area (Å²) in [5.74, 6) is 0.141. The molecule has 1 saturated heterocycles. The lowest BCUT2D eigenvalue weighted by Crippen LogP contribution is -2.51. The Balaban J connectivity index is 2.16. The van der Waals surface area contributed by atoms with Crippen molar-refractivity contribution in [1.29, 1.82) is 0 Å². The molecule has 1 rings (SSSR count). The predicted octanol–water partition coefficient (Wildman–Crippen LogP) is 2.31. The highest BCUT2D eigenvalue weighted by atomic mass is 32.2. The van der Waals surface area contributed by atoms with E-state index in [4.69, 9.17) is 0 Å². The second-order valence-electron chi connectivity index (χ2n) is 4.03. The largest absolute Gasteiger partial charge is 0.441 e. The van der Waals surface area contributed by atoms with Crippen molar-refractivity contribution in [2.24, 2.45) is 0 Å². The third kappa shape index (κ3) is 5.96. The topological polar surface area (TPSA) is 15.3 Å². The summed E-state index contributed by atoms with van der Waals surface area (Å²) in [6.45, 7) is 5.29. The van der Waals surface area contributed by atoms with Crippen LogP contribution in [-0.4, -0.2) is 48.4 Å². The minimum atomic E-state index is -4.09. The smallest absolute Gasteiger partial charge is 0.311 e. The molecule has 0 aliphatic carbocycles. The van der Waals surface area contributed by atoms with E-state index in [2.05, 4.69) is 17.1 Å². The van der Waals surface area contributed by atoms with Crippen molar-refractivity contribution in [3.63, 3.8) is 0 Å². The SMILES string of the molecule is CCCC1CN(CCSC(F)(F)F)CCN1. The molecule has 0 bridgehead atoms. The fraction of sp³-hybridized carbons (Fsp3) is 1.00. The summed E-state index contributed by atoms with van der Waals surface area (Å²) in [6, 6.07) is 0.453. The zero-order chi connectivity index (χ0) is 12.0. The quantitative estimate of drug-likeness (QED) is 0.812. The number of rotatable bonds is 5. The van der Waals surface area contributed by atoms with Gasteiger partial charge in [0.1, 0.15) is 0 Å². The van der Waals surface area contributed by atoms with Gasteiger partial charge in [-0.05, 0) is 18.2 Å². The lowest BCUT2D eigenvalue weighted by atomic mass is 10.1. The fourth-order valence-corrected chi connectivity index (χ4v) is 2.51. The van der Waals surface area contributed by atoms with Gasteiger partial charge in [-0.2, -0.15) is 13.2 Å². The second-order valence-corrected chi connectivity index (χ2v) is 5.19. The minimum absolute atomic E-state index is 0.0797. The van der Waals surface area contributed by atoms with Crippen LogP contribution >= 0.6 is 11.8 Å². The van der Waals surface area contributed by atoms with Crippen molar-refractivity contribution in [3.8, 4) is 0 Å². The molecule has 6 heteroatoms. The van der Waals surface area contributed by atoms with E-state index in [1.54, 1.807) is 0 Å². The third-order valence-electron chi connectivity index (χ3n) is 2.65. The molecule has 0 radical (unpaired) electrons. The molecule has 1 atom stereocenters. The zero-order valence-electron chi connectivity index (χ0n) is 9.52. The van der Waals surface area contributed by atoms with Gasteiger partial charge in [-0.3, -0.25) is 4.90 Å². The van der Waals surface area contributed by atoms with Gasteiger partial charge in [0.05, 0.1) is 0 Å². The van der Waals surface area contributed by atoms with Crippen LogP contribution in [0.3, 0.4) is 0 Å². The number of alkyl halides is 3. The Hall–Kier alpha value is 0.0600. The van der Waals surface area contributed by atoms with Crippen molar-refractivity contribution < 1.29 is 13.2 Å². The van der Waals surface area contributed by atoms with Crippen LogP contribution in [0.5, 0.6) is 0 Å². The Bertz CT molecular complexity index is 197. The Labute approximate surface area is 98.9 Å². The number of hydrogen-bond acceptors (Lipinski definition) is 3. The molecule has 2 nitrogen and oxygen atoms in total. The summed E-state index contributed by atoms with van der Waals surface area (Å²) >= 11 is 0.0797. The van der Waals surface area contributed by atoms with E-state index in [9.17, 15) is 13.2 Å². The fourth-order valence-electron chi connectivity index (χ4n) is 1.93. The maximum absolute atomic E-state index is 11.9. The van der Waals surface area contributed by atoms with Gasteiger partial charge in [0.25, 0.3) is 0 Å². The van der Waals surface area contributed by atoms with Crippen LogP contribution in [0.25, 0.3) is 0 Å². The van der Waals surface area contributed by atoms with Crippen molar-refractivity contribution >= 4 is 11.8 Å². The highest BCUT2D eigenvalue weighted by Gasteiger charge is 2.28. The number of piperazine rings is 1. The number of nitrogens with zero attached hydrogens (tertiary/aromatic N) is 1. The summed E-state index contributed by atoms with van der Waals surface area (Å²) in [5, 5.41) is 3.39. The second kappa shape index (κ2) is 6.71. The first kappa shape index (κ1) is 14.1. The average molecular weight is 256 g/mol. The van der Waals surface area contributed by atoms with E-state index in [0.29, 0.717) is 12.6 Å². The van der Waals surface area contributed by atoms with Crippen LogP contribution in [-0.2, 0) is 0 Å².